The first-order chi connectivity index (χ1) is 7.22. The third kappa shape index (κ3) is 1.64. The lowest BCUT2D eigenvalue weighted by atomic mass is 10.3. The third-order valence-electron chi connectivity index (χ3n) is 2.09. The molecule has 0 unspecified atom stereocenters. The maximum absolute atomic E-state index is 11.0. The van der Waals surface area contributed by atoms with E-state index < -0.39 is 0 Å². The number of nitrogens with one attached hydrogen (secondary N) is 1. The average molecular weight is 206 g/mol. The zero-order valence-corrected chi connectivity index (χ0v) is 8.14. The van der Waals surface area contributed by atoms with Crippen LogP contribution in [0.15, 0.2) is 17.2 Å². The normalized spacial score (nSPS) is 10.5. The summed E-state index contributed by atoms with van der Waals surface area (Å²) in [6, 6.07) is 0. The predicted molar refractivity (Wildman–Crippen MR) is 52.4 cm³/mol. The third-order valence-corrected chi connectivity index (χ3v) is 2.09. The van der Waals surface area contributed by atoms with Crippen molar-refractivity contribution in [1.29, 1.82) is 0 Å². The smallest absolute Gasteiger partial charge is 0.271 e. The van der Waals surface area contributed by atoms with Crippen molar-refractivity contribution in [2.75, 3.05) is 0 Å². The summed E-state index contributed by atoms with van der Waals surface area (Å²) in [4.78, 5) is 13.6. The van der Waals surface area contributed by atoms with E-state index >= 15 is 0 Å². The number of hydrogen-bond acceptors (Lipinski definition) is 5. The van der Waals surface area contributed by atoms with E-state index in [1.165, 1.54) is 4.68 Å². The minimum absolute atomic E-state index is 0.291. The van der Waals surface area contributed by atoms with Crippen molar-refractivity contribution >= 4 is 0 Å². The number of nitrogens with zero attached hydrogens (tertiary/aromatic N) is 4. The van der Waals surface area contributed by atoms with Crippen LogP contribution in [-0.2, 0) is 6.54 Å². The summed E-state index contributed by atoms with van der Waals surface area (Å²) in [5, 5.41) is 11.4. The first-order valence-corrected chi connectivity index (χ1v) is 4.38. The van der Waals surface area contributed by atoms with E-state index in [1.807, 2.05) is 6.92 Å². The second-order valence-electron chi connectivity index (χ2n) is 3.03. The van der Waals surface area contributed by atoms with Crippen LogP contribution in [0.5, 0.6) is 0 Å². The summed E-state index contributed by atoms with van der Waals surface area (Å²) in [6.45, 7) is 2.25. The molecule has 0 amide bonds. The van der Waals surface area contributed by atoms with Crippen molar-refractivity contribution in [3.05, 3.63) is 34.0 Å². The number of aromatic nitrogens is 5. The van der Waals surface area contributed by atoms with E-state index in [0.717, 1.165) is 17.5 Å². The van der Waals surface area contributed by atoms with Gasteiger partial charge in [0, 0.05) is 17.8 Å². The van der Waals surface area contributed by atoms with Gasteiger partial charge in [0.05, 0.1) is 6.20 Å². The molecule has 0 atom stereocenters. The van der Waals surface area contributed by atoms with Gasteiger partial charge in [-0.3, -0.25) is 9.78 Å². The maximum Gasteiger partial charge on any atom is 0.271 e. The van der Waals surface area contributed by atoms with Gasteiger partial charge in [-0.1, -0.05) is 0 Å². The molecule has 0 spiro atoms. The van der Waals surface area contributed by atoms with Gasteiger partial charge in [-0.05, 0) is 6.92 Å². The van der Waals surface area contributed by atoms with Crippen LogP contribution >= 0.6 is 0 Å². The molecule has 2 heterocycles. The second-order valence-corrected chi connectivity index (χ2v) is 3.03. The molecule has 0 aliphatic rings. The molecule has 0 saturated heterocycles. The number of H-pyrrole nitrogens is 1. The van der Waals surface area contributed by atoms with E-state index in [0.29, 0.717) is 12.5 Å². The molecule has 7 heteroatoms. The molecule has 0 saturated carbocycles. The summed E-state index contributed by atoms with van der Waals surface area (Å²) in [5.41, 5.74) is 6.94. The summed E-state index contributed by atoms with van der Waals surface area (Å²) >= 11 is 0. The van der Waals surface area contributed by atoms with Crippen LogP contribution in [0.2, 0.25) is 0 Å². The number of aromatic amines is 1. The van der Waals surface area contributed by atoms with Crippen LogP contribution in [0, 0.1) is 6.92 Å². The van der Waals surface area contributed by atoms with Gasteiger partial charge in [0.15, 0.2) is 0 Å². The molecule has 3 N–H and O–H groups in total. The lowest BCUT2D eigenvalue weighted by molar-refractivity contribution is 0.743. The van der Waals surface area contributed by atoms with Gasteiger partial charge < -0.3 is 5.73 Å². The van der Waals surface area contributed by atoms with Gasteiger partial charge in [0.2, 0.25) is 0 Å². The maximum atomic E-state index is 11.0. The highest BCUT2D eigenvalue weighted by atomic mass is 16.1. The fourth-order valence-electron chi connectivity index (χ4n) is 1.26. The van der Waals surface area contributed by atoms with Crippen molar-refractivity contribution in [3.8, 4) is 5.95 Å². The van der Waals surface area contributed by atoms with Crippen LogP contribution in [0.4, 0.5) is 0 Å². The van der Waals surface area contributed by atoms with Crippen molar-refractivity contribution in [1.82, 2.24) is 25.0 Å². The van der Waals surface area contributed by atoms with E-state index in [1.54, 1.807) is 6.20 Å². The number of nitrogens with two attached hydrogens (primary N) is 1. The molecular formula is C8H10N6O. The summed E-state index contributed by atoms with van der Waals surface area (Å²) in [5.74, 6) is 0.291. The molecule has 15 heavy (non-hydrogen) atoms. The minimum atomic E-state index is -0.316. The number of rotatable bonds is 2. The van der Waals surface area contributed by atoms with E-state index in [-0.39, 0.29) is 5.56 Å². The van der Waals surface area contributed by atoms with Crippen molar-refractivity contribution < 1.29 is 0 Å². The Bertz CT molecular complexity index is 528. The molecule has 0 radical (unpaired) electrons. The summed E-state index contributed by atoms with van der Waals surface area (Å²) in [7, 11) is 0. The van der Waals surface area contributed by atoms with Gasteiger partial charge in [-0.25, -0.2) is 4.68 Å². The fourth-order valence-corrected chi connectivity index (χ4v) is 1.26. The fraction of sp³-hybridized carbons (Fsp3) is 0.250. The van der Waals surface area contributed by atoms with Crippen LogP contribution in [-0.4, -0.2) is 25.0 Å². The van der Waals surface area contributed by atoms with Gasteiger partial charge in [-0.2, -0.15) is 5.10 Å². The average Bonchev–Trinajstić information content (AvgIpc) is 2.59. The minimum Gasteiger partial charge on any atom is -0.326 e. The lowest BCUT2D eigenvalue weighted by Gasteiger charge is -2.01. The Labute approximate surface area is 85.0 Å². The largest absolute Gasteiger partial charge is 0.326 e. The van der Waals surface area contributed by atoms with E-state index in [9.17, 15) is 4.79 Å². The quantitative estimate of drug-likeness (QED) is 0.664. The molecule has 0 bridgehead atoms. The highest BCUT2D eigenvalue weighted by Crippen LogP contribution is 2.08. The SMILES string of the molecule is Cc1c(CN)cnn1-c1nncc(=O)[nH]1. The van der Waals surface area contributed by atoms with E-state index in [4.69, 9.17) is 5.73 Å². The molecule has 0 aromatic carbocycles. The van der Waals surface area contributed by atoms with Crippen LogP contribution in [0.1, 0.15) is 11.3 Å². The predicted octanol–water partition coefficient (Wildman–Crippen LogP) is -0.882. The van der Waals surface area contributed by atoms with Gasteiger partial charge in [-0.15, -0.1) is 10.2 Å². The highest BCUT2D eigenvalue weighted by Gasteiger charge is 2.08. The Morgan fingerprint density at radius 3 is 2.93 bits per heavy atom. The van der Waals surface area contributed by atoms with Crippen LogP contribution in [0.25, 0.3) is 5.95 Å². The topological polar surface area (TPSA) is 102 Å². The lowest BCUT2D eigenvalue weighted by Crippen LogP contribution is -2.15. The molecule has 0 aliphatic carbocycles. The van der Waals surface area contributed by atoms with Crippen LogP contribution in [0.3, 0.4) is 0 Å². The van der Waals surface area contributed by atoms with Crippen molar-refractivity contribution in [3.63, 3.8) is 0 Å². The summed E-state index contributed by atoms with van der Waals surface area (Å²) in [6.07, 6.45) is 2.74. The van der Waals surface area contributed by atoms with E-state index in [2.05, 4.69) is 20.3 Å². The Balaban J connectivity index is 2.54. The van der Waals surface area contributed by atoms with Crippen molar-refractivity contribution in [2.45, 2.75) is 13.5 Å². The molecule has 2 rings (SSSR count). The zero-order valence-electron chi connectivity index (χ0n) is 8.14. The van der Waals surface area contributed by atoms with Gasteiger partial charge >= 0.3 is 0 Å². The second kappa shape index (κ2) is 3.62. The molecule has 2 aromatic rings. The Morgan fingerprint density at radius 2 is 2.33 bits per heavy atom. The van der Waals surface area contributed by atoms with Gasteiger partial charge in [0.25, 0.3) is 11.5 Å². The Morgan fingerprint density at radius 1 is 1.53 bits per heavy atom. The molecule has 0 fully saturated rings. The monoisotopic (exact) mass is 206 g/mol. The standard InChI is InChI=1S/C8H10N6O/c1-5-6(2-9)3-11-14(5)8-12-7(15)4-10-13-8/h3-4H,2,9H2,1H3,(H,12,13,15). The molecule has 7 nitrogen and oxygen atoms in total. The molecule has 2 aromatic heterocycles. The highest BCUT2D eigenvalue weighted by molar-refractivity contribution is 5.22. The first kappa shape index (κ1) is 9.53. The first-order valence-electron chi connectivity index (χ1n) is 4.38. The number of hydrogen-bond donors (Lipinski definition) is 2. The zero-order chi connectivity index (χ0) is 10.8. The molecular weight excluding hydrogens is 196 g/mol. The Kier molecular flexibility index (Phi) is 2.30. The van der Waals surface area contributed by atoms with Crippen molar-refractivity contribution in [2.24, 2.45) is 5.73 Å². The molecule has 0 aliphatic heterocycles. The molecule has 78 valence electrons. The summed E-state index contributed by atoms with van der Waals surface area (Å²) < 4.78 is 1.50. The van der Waals surface area contributed by atoms with Crippen LogP contribution < -0.4 is 11.3 Å². The van der Waals surface area contributed by atoms with Gasteiger partial charge in [0.1, 0.15) is 6.20 Å². The Hall–Kier alpha value is -2.02.